The van der Waals surface area contributed by atoms with E-state index in [1.807, 2.05) is 26.0 Å². The first-order valence-electron chi connectivity index (χ1n) is 6.17. The number of carboxylic acid groups (broad SMARTS) is 1. The average Bonchev–Trinajstić information content (AvgIpc) is 2.63. The van der Waals surface area contributed by atoms with Gasteiger partial charge in [0.25, 0.3) is 0 Å². The van der Waals surface area contributed by atoms with Crippen molar-refractivity contribution in [3.8, 4) is 0 Å². The summed E-state index contributed by atoms with van der Waals surface area (Å²) in [5, 5.41) is 8.06. The predicted molar refractivity (Wildman–Crippen MR) is 76.9 cm³/mol. The second kappa shape index (κ2) is 5.66. The van der Waals surface area contributed by atoms with Crippen molar-refractivity contribution in [2.45, 2.75) is 25.5 Å². The van der Waals surface area contributed by atoms with Gasteiger partial charge < -0.3 is 5.11 Å². The highest BCUT2D eigenvalue weighted by Crippen LogP contribution is 2.31. The van der Waals surface area contributed by atoms with Crippen LogP contribution in [0, 0.1) is 13.8 Å². The standard InChI is InChI=1S/C14H15NO4S/c1-8-3-4-10(9(2)5-8)15-12(16)6-11(14(15)19)20-7-13(17)18/h3-5,11H,6-7H2,1-2H3,(H,17,18)/t11-/m1/s1. The molecule has 0 unspecified atom stereocenters. The number of imide groups is 1. The Labute approximate surface area is 121 Å². The van der Waals surface area contributed by atoms with E-state index in [1.165, 1.54) is 4.90 Å². The van der Waals surface area contributed by atoms with E-state index in [2.05, 4.69) is 0 Å². The maximum Gasteiger partial charge on any atom is 0.313 e. The van der Waals surface area contributed by atoms with Crippen molar-refractivity contribution < 1.29 is 19.5 Å². The first kappa shape index (κ1) is 14.6. The van der Waals surface area contributed by atoms with Gasteiger partial charge in [-0.05, 0) is 25.5 Å². The van der Waals surface area contributed by atoms with Gasteiger partial charge in [0, 0.05) is 6.42 Å². The number of carbonyl (C=O) groups is 3. The van der Waals surface area contributed by atoms with Crippen LogP contribution in [-0.2, 0) is 14.4 Å². The first-order valence-corrected chi connectivity index (χ1v) is 7.22. The maximum atomic E-state index is 12.3. The molecule has 0 aliphatic carbocycles. The summed E-state index contributed by atoms with van der Waals surface area (Å²) >= 11 is 1.000. The molecule has 20 heavy (non-hydrogen) atoms. The van der Waals surface area contributed by atoms with Gasteiger partial charge >= 0.3 is 5.97 Å². The minimum absolute atomic E-state index is 0.0596. The van der Waals surface area contributed by atoms with Crippen LogP contribution in [0.15, 0.2) is 18.2 Å². The van der Waals surface area contributed by atoms with Crippen molar-refractivity contribution in [2.24, 2.45) is 0 Å². The van der Waals surface area contributed by atoms with Crippen LogP contribution in [-0.4, -0.2) is 33.9 Å². The monoisotopic (exact) mass is 293 g/mol. The van der Waals surface area contributed by atoms with Gasteiger partial charge in [0.1, 0.15) is 0 Å². The molecule has 2 amide bonds. The Balaban J connectivity index is 2.22. The van der Waals surface area contributed by atoms with E-state index in [9.17, 15) is 14.4 Å². The number of hydrogen-bond donors (Lipinski definition) is 1. The third kappa shape index (κ3) is 2.85. The van der Waals surface area contributed by atoms with Crippen molar-refractivity contribution in [2.75, 3.05) is 10.7 Å². The zero-order chi connectivity index (χ0) is 14.9. The Kier molecular flexibility index (Phi) is 4.13. The van der Waals surface area contributed by atoms with Gasteiger partial charge in [0.2, 0.25) is 11.8 Å². The number of benzene rings is 1. The molecule has 1 saturated heterocycles. The molecule has 6 heteroatoms. The molecule has 1 atom stereocenters. The molecule has 1 N–H and O–H groups in total. The van der Waals surface area contributed by atoms with Crippen LogP contribution in [0.1, 0.15) is 17.5 Å². The van der Waals surface area contributed by atoms with Gasteiger partial charge in [-0.2, -0.15) is 0 Å². The summed E-state index contributed by atoms with van der Waals surface area (Å²) in [7, 11) is 0. The summed E-state index contributed by atoms with van der Waals surface area (Å²) in [6, 6.07) is 5.51. The third-order valence-electron chi connectivity index (χ3n) is 3.11. The topological polar surface area (TPSA) is 74.7 Å². The first-order chi connectivity index (χ1) is 9.40. The van der Waals surface area contributed by atoms with Crippen LogP contribution in [0.5, 0.6) is 0 Å². The fourth-order valence-corrected chi connectivity index (χ4v) is 3.07. The van der Waals surface area contributed by atoms with Crippen molar-refractivity contribution in [1.82, 2.24) is 0 Å². The van der Waals surface area contributed by atoms with E-state index in [0.29, 0.717) is 5.69 Å². The van der Waals surface area contributed by atoms with Gasteiger partial charge in [0.15, 0.2) is 0 Å². The van der Waals surface area contributed by atoms with Crippen LogP contribution in [0.4, 0.5) is 5.69 Å². The number of hydrogen-bond acceptors (Lipinski definition) is 4. The van der Waals surface area contributed by atoms with E-state index in [-0.39, 0.29) is 24.0 Å². The smallest absolute Gasteiger partial charge is 0.313 e. The maximum absolute atomic E-state index is 12.3. The Bertz CT molecular complexity index is 585. The molecule has 0 saturated carbocycles. The lowest BCUT2D eigenvalue weighted by atomic mass is 10.1. The molecule has 1 fully saturated rings. The van der Waals surface area contributed by atoms with E-state index in [0.717, 1.165) is 22.9 Å². The zero-order valence-electron chi connectivity index (χ0n) is 11.3. The number of carboxylic acids is 1. The molecule has 0 spiro atoms. The van der Waals surface area contributed by atoms with E-state index < -0.39 is 11.2 Å². The molecule has 1 aromatic rings. The van der Waals surface area contributed by atoms with Gasteiger partial charge in [-0.3, -0.25) is 14.4 Å². The highest BCUT2D eigenvalue weighted by Gasteiger charge is 2.40. The van der Waals surface area contributed by atoms with Gasteiger partial charge in [-0.1, -0.05) is 17.7 Å². The van der Waals surface area contributed by atoms with Crippen molar-refractivity contribution in [3.05, 3.63) is 29.3 Å². The molecule has 1 aliphatic rings. The molecule has 0 radical (unpaired) electrons. The fraction of sp³-hybridized carbons (Fsp3) is 0.357. The lowest BCUT2D eigenvalue weighted by Gasteiger charge is -2.17. The second-order valence-corrected chi connectivity index (χ2v) is 5.95. The van der Waals surface area contributed by atoms with Gasteiger partial charge in [-0.25, -0.2) is 4.90 Å². The average molecular weight is 293 g/mol. The van der Waals surface area contributed by atoms with Crippen molar-refractivity contribution in [3.63, 3.8) is 0 Å². The molecule has 0 bridgehead atoms. The number of thioether (sulfide) groups is 1. The zero-order valence-corrected chi connectivity index (χ0v) is 12.1. The largest absolute Gasteiger partial charge is 0.481 e. The third-order valence-corrected chi connectivity index (χ3v) is 4.29. The molecular formula is C14H15NO4S. The summed E-state index contributed by atoms with van der Waals surface area (Å²) in [4.78, 5) is 36.0. The number of anilines is 1. The molecular weight excluding hydrogens is 278 g/mol. The van der Waals surface area contributed by atoms with Crippen molar-refractivity contribution in [1.29, 1.82) is 0 Å². The van der Waals surface area contributed by atoms with E-state index in [1.54, 1.807) is 6.07 Å². The number of aryl methyl sites for hydroxylation is 2. The summed E-state index contributed by atoms with van der Waals surface area (Å²) in [6.07, 6.45) is 0.0596. The Morgan fingerprint density at radius 3 is 2.70 bits per heavy atom. The van der Waals surface area contributed by atoms with Crippen LogP contribution in [0.3, 0.4) is 0 Å². The molecule has 1 aliphatic heterocycles. The molecule has 0 aromatic heterocycles. The minimum Gasteiger partial charge on any atom is -0.481 e. The van der Waals surface area contributed by atoms with Crippen LogP contribution in [0.25, 0.3) is 0 Å². The Morgan fingerprint density at radius 2 is 2.10 bits per heavy atom. The van der Waals surface area contributed by atoms with Crippen molar-refractivity contribution >= 4 is 35.2 Å². The van der Waals surface area contributed by atoms with Gasteiger partial charge in [0.05, 0.1) is 16.7 Å². The normalized spacial score (nSPS) is 18.7. The molecule has 1 heterocycles. The number of carbonyl (C=O) groups excluding carboxylic acids is 2. The molecule has 5 nitrogen and oxygen atoms in total. The van der Waals surface area contributed by atoms with Crippen LogP contribution in [0.2, 0.25) is 0 Å². The Morgan fingerprint density at radius 1 is 1.40 bits per heavy atom. The lowest BCUT2D eigenvalue weighted by Crippen LogP contribution is -2.32. The SMILES string of the molecule is Cc1ccc(N2C(=O)C[C@@H](SCC(=O)O)C2=O)c(C)c1. The summed E-state index contributed by atoms with van der Waals surface area (Å²) < 4.78 is 0. The lowest BCUT2D eigenvalue weighted by molar-refractivity contribution is -0.134. The van der Waals surface area contributed by atoms with E-state index >= 15 is 0 Å². The summed E-state index contributed by atoms with van der Waals surface area (Å²) in [5.41, 5.74) is 2.50. The van der Waals surface area contributed by atoms with Crippen LogP contribution >= 0.6 is 11.8 Å². The summed E-state index contributed by atoms with van der Waals surface area (Å²) in [5.74, 6) is -1.76. The highest BCUT2D eigenvalue weighted by molar-refractivity contribution is 8.01. The highest BCUT2D eigenvalue weighted by atomic mass is 32.2. The number of rotatable bonds is 4. The minimum atomic E-state index is -0.986. The number of nitrogens with zero attached hydrogens (tertiary/aromatic N) is 1. The van der Waals surface area contributed by atoms with Gasteiger partial charge in [-0.15, -0.1) is 11.8 Å². The summed E-state index contributed by atoms with van der Waals surface area (Å²) in [6.45, 7) is 3.79. The fourth-order valence-electron chi connectivity index (χ4n) is 2.22. The quantitative estimate of drug-likeness (QED) is 0.856. The van der Waals surface area contributed by atoms with E-state index in [4.69, 9.17) is 5.11 Å². The molecule has 1 aromatic carbocycles. The Hall–Kier alpha value is -1.82. The molecule has 2 rings (SSSR count). The molecule has 106 valence electrons. The van der Waals surface area contributed by atoms with Crippen LogP contribution < -0.4 is 4.90 Å². The second-order valence-electron chi connectivity index (χ2n) is 4.75. The number of aliphatic carboxylic acids is 1. The predicted octanol–water partition coefficient (Wildman–Crippen LogP) is 1.75. The number of amides is 2.